The zero-order chi connectivity index (χ0) is 18.0. The van der Waals surface area contributed by atoms with Crippen molar-refractivity contribution in [3.63, 3.8) is 0 Å². The first-order valence-electron chi connectivity index (χ1n) is 8.62. The summed E-state index contributed by atoms with van der Waals surface area (Å²) in [4.78, 5) is 24.5. The van der Waals surface area contributed by atoms with Gasteiger partial charge in [0.1, 0.15) is 0 Å². The van der Waals surface area contributed by atoms with Crippen LogP contribution in [0.1, 0.15) is 42.6 Å². The number of benzene rings is 1. The van der Waals surface area contributed by atoms with E-state index in [0.717, 1.165) is 22.5 Å². The van der Waals surface area contributed by atoms with Gasteiger partial charge >= 0.3 is 0 Å². The van der Waals surface area contributed by atoms with Crippen LogP contribution >= 0.6 is 0 Å². The molecule has 1 aliphatic heterocycles. The molecule has 1 aromatic carbocycles. The largest absolute Gasteiger partial charge is 0.349 e. The number of nitrogens with one attached hydrogen (secondary N) is 2. The topological polar surface area (TPSA) is 76.0 Å². The Kier molecular flexibility index (Phi) is 4.88. The van der Waals surface area contributed by atoms with Crippen molar-refractivity contribution in [2.75, 3.05) is 5.32 Å². The van der Waals surface area contributed by atoms with E-state index in [4.69, 9.17) is 0 Å². The van der Waals surface area contributed by atoms with Crippen molar-refractivity contribution >= 4 is 17.5 Å². The van der Waals surface area contributed by atoms with Gasteiger partial charge in [0, 0.05) is 36.3 Å². The van der Waals surface area contributed by atoms with E-state index in [9.17, 15) is 9.59 Å². The Hall–Kier alpha value is -2.63. The van der Waals surface area contributed by atoms with Crippen LogP contribution in [-0.4, -0.2) is 21.6 Å². The molecule has 0 unspecified atom stereocenters. The molecule has 2 amide bonds. The minimum atomic E-state index is -0.156. The van der Waals surface area contributed by atoms with Crippen molar-refractivity contribution in [2.24, 2.45) is 13.0 Å². The maximum atomic E-state index is 12.3. The molecule has 2 N–H and O–H groups in total. The highest BCUT2D eigenvalue weighted by Gasteiger charge is 2.26. The molecular weight excluding hydrogens is 316 g/mol. The molecule has 25 heavy (non-hydrogen) atoms. The van der Waals surface area contributed by atoms with E-state index >= 15 is 0 Å². The van der Waals surface area contributed by atoms with Gasteiger partial charge < -0.3 is 10.6 Å². The number of anilines is 1. The Morgan fingerprint density at radius 3 is 2.92 bits per heavy atom. The number of fused-ring (bicyclic) bond motifs is 1. The molecule has 2 aromatic rings. The third-order valence-electron chi connectivity index (χ3n) is 4.95. The van der Waals surface area contributed by atoms with Crippen molar-refractivity contribution in [2.45, 2.75) is 39.2 Å². The number of nitrogens with zero attached hydrogens (tertiary/aromatic N) is 2. The molecule has 0 radical (unpaired) electrons. The Balaban J connectivity index is 1.54. The van der Waals surface area contributed by atoms with Crippen LogP contribution in [0.25, 0.3) is 0 Å². The molecule has 1 aromatic heterocycles. The highest BCUT2D eigenvalue weighted by Crippen LogP contribution is 2.27. The summed E-state index contributed by atoms with van der Waals surface area (Å²) < 4.78 is 1.79. The molecule has 0 bridgehead atoms. The minimum Gasteiger partial charge on any atom is -0.349 e. The summed E-state index contributed by atoms with van der Waals surface area (Å²) in [5.74, 6) is -0.193. The number of carbonyl (C=O) groups is 2. The van der Waals surface area contributed by atoms with E-state index < -0.39 is 0 Å². The first kappa shape index (κ1) is 17.2. The van der Waals surface area contributed by atoms with E-state index in [2.05, 4.69) is 15.7 Å². The molecule has 2 heterocycles. The Labute approximate surface area is 147 Å². The second-order valence-corrected chi connectivity index (χ2v) is 6.68. The van der Waals surface area contributed by atoms with Gasteiger partial charge in [-0.15, -0.1) is 0 Å². The molecule has 0 fully saturated rings. The lowest BCUT2D eigenvalue weighted by Crippen LogP contribution is -2.32. The van der Waals surface area contributed by atoms with Crippen molar-refractivity contribution < 1.29 is 9.59 Å². The van der Waals surface area contributed by atoms with Crippen LogP contribution in [0.2, 0.25) is 0 Å². The van der Waals surface area contributed by atoms with Gasteiger partial charge in [-0.25, -0.2) is 0 Å². The van der Waals surface area contributed by atoms with Crippen LogP contribution in [0.5, 0.6) is 0 Å². The van der Waals surface area contributed by atoms with Crippen LogP contribution in [0.3, 0.4) is 0 Å². The van der Waals surface area contributed by atoms with Crippen LogP contribution in [0.15, 0.2) is 30.5 Å². The average molecular weight is 340 g/mol. The predicted octanol–water partition coefficient (Wildman–Crippen LogP) is 2.50. The number of hydrogen-bond donors (Lipinski definition) is 2. The first-order chi connectivity index (χ1) is 12.0. The fourth-order valence-electron chi connectivity index (χ4n) is 3.28. The Morgan fingerprint density at radius 1 is 1.44 bits per heavy atom. The summed E-state index contributed by atoms with van der Waals surface area (Å²) in [6, 6.07) is 7.72. The molecule has 0 aliphatic carbocycles. The molecule has 6 heteroatoms. The van der Waals surface area contributed by atoms with Gasteiger partial charge in [-0.3, -0.25) is 14.3 Å². The van der Waals surface area contributed by atoms with Crippen molar-refractivity contribution in [3.05, 3.63) is 47.3 Å². The van der Waals surface area contributed by atoms with E-state index in [-0.39, 0.29) is 23.8 Å². The van der Waals surface area contributed by atoms with Gasteiger partial charge in [-0.05, 0) is 38.3 Å². The fourth-order valence-corrected chi connectivity index (χ4v) is 3.28. The third-order valence-corrected chi connectivity index (χ3v) is 4.95. The van der Waals surface area contributed by atoms with E-state index in [1.165, 1.54) is 0 Å². The molecule has 0 saturated carbocycles. The Morgan fingerprint density at radius 2 is 2.20 bits per heavy atom. The molecular formula is C19H24N4O2. The minimum absolute atomic E-state index is 0.00246. The summed E-state index contributed by atoms with van der Waals surface area (Å²) in [7, 11) is 1.88. The van der Waals surface area contributed by atoms with Gasteiger partial charge in [-0.1, -0.05) is 18.2 Å². The van der Waals surface area contributed by atoms with Gasteiger partial charge in [-0.2, -0.15) is 5.10 Å². The van der Waals surface area contributed by atoms with Crippen LogP contribution < -0.4 is 10.6 Å². The summed E-state index contributed by atoms with van der Waals surface area (Å²) in [5.41, 5.74) is 4.07. The third kappa shape index (κ3) is 3.73. The summed E-state index contributed by atoms with van der Waals surface area (Å²) in [6.45, 7) is 3.93. The lowest BCUT2D eigenvalue weighted by Gasteiger charge is -2.24. The molecule has 6 nitrogen and oxygen atoms in total. The van der Waals surface area contributed by atoms with Crippen LogP contribution in [-0.2, 0) is 23.1 Å². The quantitative estimate of drug-likeness (QED) is 0.878. The summed E-state index contributed by atoms with van der Waals surface area (Å²) in [5, 5.41) is 10.1. The number of para-hydroxylation sites is 1. The predicted molar refractivity (Wildman–Crippen MR) is 96.0 cm³/mol. The number of aromatic nitrogens is 2. The highest BCUT2D eigenvalue weighted by molar-refractivity contribution is 5.96. The van der Waals surface area contributed by atoms with E-state index in [0.29, 0.717) is 19.3 Å². The zero-order valence-electron chi connectivity index (χ0n) is 14.9. The molecule has 0 saturated heterocycles. The van der Waals surface area contributed by atoms with Crippen LogP contribution in [0, 0.1) is 12.8 Å². The standard InChI is InChI=1S/C19H24N4O2/c1-12(16-11-20-23(3)13(16)2)21-18(24)9-8-15-10-14-6-4-5-7-17(14)22-19(15)25/h4-7,11-12,15H,8-10H2,1-3H3,(H,21,24)(H,22,25)/t12-,15+/m1/s1. The second-order valence-electron chi connectivity index (χ2n) is 6.68. The second kappa shape index (κ2) is 7.09. The normalized spacial score (nSPS) is 17.6. The van der Waals surface area contributed by atoms with Crippen molar-refractivity contribution in [1.82, 2.24) is 15.1 Å². The number of aryl methyl sites for hydroxylation is 1. The summed E-state index contributed by atoms with van der Waals surface area (Å²) in [6.07, 6.45) is 3.35. The molecule has 0 spiro atoms. The smallest absolute Gasteiger partial charge is 0.227 e. The lowest BCUT2D eigenvalue weighted by molar-refractivity contribution is -0.123. The highest BCUT2D eigenvalue weighted by atomic mass is 16.2. The number of rotatable bonds is 5. The van der Waals surface area contributed by atoms with E-state index in [1.54, 1.807) is 10.9 Å². The van der Waals surface area contributed by atoms with Crippen molar-refractivity contribution in [3.8, 4) is 0 Å². The average Bonchev–Trinajstić information content (AvgIpc) is 2.92. The molecule has 3 rings (SSSR count). The monoisotopic (exact) mass is 340 g/mol. The van der Waals surface area contributed by atoms with Crippen LogP contribution in [0.4, 0.5) is 5.69 Å². The number of amides is 2. The van der Waals surface area contributed by atoms with Gasteiger partial charge in [0.05, 0.1) is 12.2 Å². The fraction of sp³-hybridized carbons (Fsp3) is 0.421. The van der Waals surface area contributed by atoms with Crippen molar-refractivity contribution in [1.29, 1.82) is 0 Å². The zero-order valence-corrected chi connectivity index (χ0v) is 14.9. The van der Waals surface area contributed by atoms with Gasteiger partial charge in [0.2, 0.25) is 11.8 Å². The number of carbonyl (C=O) groups excluding carboxylic acids is 2. The van der Waals surface area contributed by atoms with Gasteiger partial charge in [0.15, 0.2) is 0 Å². The molecule has 132 valence electrons. The Bertz CT molecular complexity index is 796. The first-order valence-corrected chi connectivity index (χ1v) is 8.62. The number of hydrogen-bond acceptors (Lipinski definition) is 3. The molecule has 1 aliphatic rings. The molecule has 2 atom stereocenters. The van der Waals surface area contributed by atoms with E-state index in [1.807, 2.05) is 45.2 Å². The van der Waals surface area contributed by atoms with Gasteiger partial charge in [0.25, 0.3) is 0 Å². The maximum absolute atomic E-state index is 12.3. The SMILES string of the molecule is Cc1c([C@@H](C)NC(=O)CC[C@H]2Cc3ccccc3NC2=O)cnn1C. The lowest BCUT2D eigenvalue weighted by atomic mass is 9.89. The maximum Gasteiger partial charge on any atom is 0.227 e. The summed E-state index contributed by atoms with van der Waals surface area (Å²) >= 11 is 0.